The molecule has 0 fully saturated rings. The van der Waals surface area contributed by atoms with Gasteiger partial charge < -0.3 is 0 Å². The quantitative estimate of drug-likeness (QED) is 0.554. The van der Waals surface area contributed by atoms with Crippen molar-refractivity contribution in [2.45, 2.75) is 0 Å². The first-order valence-electron chi connectivity index (χ1n) is 4.02. The summed E-state index contributed by atoms with van der Waals surface area (Å²) < 4.78 is 0. The van der Waals surface area contributed by atoms with E-state index in [1.165, 1.54) is 12.4 Å². The Hall–Kier alpha value is -2.78. The second-order valence-electron chi connectivity index (χ2n) is 2.48. The normalized spacial score (nSPS) is 10.8. The maximum Gasteiger partial charge on any atom is 0.293 e. The van der Waals surface area contributed by atoms with Gasteiger partial charge in [0.05, 0.1) is 12.4 Å². The third-order valence-electron chi connectivity index (χ3n) is 1.44. The third kappa shape index (κ3) is 2.00. The predicted octanol–water partition coefficient (Wildman–Crippen LogP) is -1.73. The molecular formula is C6H4N8O2. The smallest absolute Gasteiger partial charge is 0.266 e. The van der Waals surface area contributed by atoms with E-state index in [4.69, 9.17) is 0 Å². The Morgan fingerprint density at radius 3 is 1.69 bits per heavy atom. The molecule has 0 aliphatic heterocycles. The van der Waals surface area contributed by atoms with Gasteiger partial charge in [0.2, 0.25) is 0 Å². The predicted molar refractivity (Wildman–Crippen MR) is 48.2 cm³/mol. The van der Waals surface area contributed by atoms with Crippen molar-refractivity contribution in [1.82, 2.24) is 30.2 Å². The molecule has 2 aromatic rings. The summed E-state index contributed by atoms with van der Waals surface area (Å²) in [4.78, 5) is 23.4. The molecule has 0 aromatic carbocycles. The number of nitrogens with zero attached hydrogens (tertiary/aromatic N) is 8. The topological polar surface area (TPSA) is 120 Å². The van der Waals surface area contributed by atoms with E-state index in [2.05, 4.69) is 31.1 Å². The standard InChI is InChI=1S/C6H4N8O2/c15-5-1-3-7-9-13(5)11-12-14-6(16)2-4-8-10-14/h1-4H/b12-11+. The molecule has 2 aromatic heterocycles. The minimum atomic E-state index is -0.532. The second-order valence-corrected chi connectivity index (χ2v) is 2.48. The molecule has 0 atom stereocenters. The van der Waals surface area contributed by atoms with Gasteiger partial charge in [-0.25, -0.2) is 0 Å². The van der Waals surface area contributed by atoms with Crippen molar-refractivity contribution in [3.05, 3.63) is 45.2 Å². The lowest BCUT2D eigenvalue weighted by Crippen LogP contribution is -2.21. The van der Waals surface area contributed by atoms with Gasteiger partial charge in [-0.2, -0.15) is 0 Å². The largest absolute Gasteiger partial charge is 0.293 e. The number of aromatic nitrogens is 6. The van der Waals surface area contributed by atoms with Gasteiger partial charge in [-0.3, -0.25) is 9.59 Å². The molecule has 16 heavy (non-hydrogen) atoms. The van der Waals surface area contributed by atoms with Crippen molar-refractivity contribution < 1.29 is 0 Å². The van der Waals surface area contributed by atoms with E-state index < -0.39 is 11.1 Å². The van der Waals surface area contributed by atoms with Crippen LogP contribution in [0.15, 0.2) is 44.6 Å². The van der Waals surface area contributed by atoms with Gasteiger partial charge in [0.15, 0.2) is 0 Å². The molecule has 0 amide bonds. The zero-order chi connectivity index (χ0) is 11.4. The van der Waals surface area contributed by atoms with Crippen LogP contribution in [-0.4, -0.2) is 30.2 Å². The average molecular weight is 220 g/mol. The highest BCUT2D eigenvalue weighted by Gasteiger charge is 1.95. The maximum atomic E-state index is 11.1. The summed E-state index contributed by atoms with van der Waals surface area (Å²) in [6.07, 6.45) is 2.42. The lowest BCUT2D eigenvalue weighted by molar-refractivity contribution is 0.509. The number of hydrogen-bond donors (Lipinski definition) is 0. The minimum Gasteiger partial charge on any atom is -0.266 e. The van der Waals surface area contributed by atoms with Crippen molar-refractivity contribution in [2.24, 2.45) is 10.4 Å². The first kappa shape index (κ1) is 9.76. The Kier molecular flexibility index (Phi) is 2.54. The van der Waals surface area contributed by atoms with E-state index in [0.717, 1.165) is 12.1 Å². The van der Waals surface area contributed by atoms with Crippen molar-refractivity contribution in [3.63, 3.8) is 0 Å². The fourth-order valence-corrected chi connectivity index (χ4v) is 0.773. The van der Waals surface area contributed by atoms with E-state index in [1.54, 1.807) is 0 Å². The van der Waals surface area contributed by atoms with Crippen molar-refractivity contribution >= 4 is 0 Å². The fourth-order valence-electron chi connectivity index (χ4n) is 0.773. The van der Waals surface area contributed by atoms with Crippen LogP contribution in [-0.2, 0) is 0 Å². The molecule has 10 heteroatoms. The molecular weight excluding hydrogens is 216 g/mol. The Morgan fingerprint density at radius 1 is 0.875 bits per heavy atom. The summed E-state index contributed by atoms with van der Waals surface area (Å²) in [6, 6.07) is 2.29. The number of rotatable bonds is 2. The Morgan fingerprint density at radius 2 is 1.31 bits per heavy atom. The van der Waals surface area contributed by atoms with E-state index in [9.17, 15) is 9.59 Å². The van der Waals surface area contributed by atoms with Crippen LogP contribution in [0.3, 0.4) is 0 Å². The molecule has 2 rings (SSSR count). The minimum absolute atomic E-state index is 0.532. The highest BCUT2D eigenvalue weighted by molar-refractivity contribution is 4.76. The summed E-state index contributed by atoms with van der Waals surface area (Å²) in [5, 5.41) is 20.2. The molecule has 0 bridgehead atoms. The zero-order valence-corrected chi connectivity index (χ0v) is 7.70. The van der Waals surface area contributed by atoms with Crippen LogP contribution in [0.1, 0.15) is 0 Å². The second kappa shape index (κ2) is 4.16. The molecule has 0 aliphatic rings. The van der Waals surface area contributed by atoms with Gasteiger partial charge in [0, 0.05) is 12.1 Å². The fraction of sp³-hybridized carbons (Fsp3) is 0. The summed E-state index contributed by atoms with van der Waals surface area (Å²) in [5.41, 5.74) is -1.06. The summed E-state index contributed by atoms with van der Waals surface area (Å²) in [7, 11) is 0. The van der Waals surface area contributed by atoms with Gasteiger partial charge in [-0.1, -0.05) is 9.58 Å². The van der Waals surface area contributed by atoms with Gasteiger partial charge in [-0.05, 0) is 20.9 Å². The molecule has 0 saturated heterocycles. The lowest BCUT2D eigenvalue weighted by Gasteiger charge is -1.92. The molecule has 0 unspecified atom stereocenters. The van der Waals surface area contributed by atoms with Crippen molar-refractivity contribution in [2.75, 3.05) is 0 Å². The van der Waals surface area contributed by atoms with Gasteiger partial charge in [0.25, 0.3) is 11.1 Å². The highest BCUT2D eigenvalue weighted by Crippen LogP contribution is 1.76. The van der Waals surface area contributed by atoms with Crippen LogP contribution in [0, 0.1) is 0 Å². The van der Waals surface area contributed by atoms with E-state index in [1.807, 2.05) is 0 Å². The van der Waals surface area contributed by atoms with Crippen LogP contribution in [0.25, 0.3) is 0 Å². The Labute approximate surface area is 86.8 Å². The third-order valence-corrected chi connectivity index (χ3v) is 1.44. The molecule has 2 heterocycles. The molecule has 80 valence electrons. The van der Waals surface area contributed by atoms with E-state index >= 15 is 0 Å². The van der Waals surface area contributed by atoms with Crippen molar-refractivity contribution in [3.8, 4) is 0 Å². The summed E-state index contributed by atoms with van der Waals surface area (Å²) in [6.45, 7) is 0. The van der Waals surface area contributed by atoms with Crippen LogP contribution in [0.5, 0.6) is 0 Å². The molecule has 0 spiro atoms. The molecule has 10 nitrogen and oxygen atoms in total. The molecule has 0 saturated carbocycles. The van der Waals surface area contributed by atoms with E-state index in [0.29, 0.717) is 9.58 Å². The van der Waals surface area contributed by atoms with Crippen LogP contribution < -0.4 is 11.1 Å². The van der Waals surface area contributed by atoms with Crippen molar-refractivity contribution in [1.29, 1.82) is 0 Å². The first-order valence-corrected chi connectivity index (χ1v) is 4.02. The summed E-state index contributed by atoms with van der Waals surface area (Å²) >= 11 is 0. The Balaban J connectivity index is 2.36. The average Bonchev–Trinajstić information content (AvgIpc) is 2.30. The van der Waals surface area contributed by atoms with Crippen LogP contribution in [0.2, 0.25) is 0 Å². The van der Waals surface area contributed by atoms with Crippen LogP contribution in [0.4, 0.5) is 0 Å². The maximum absolute atomic E-state index is 11.1. The van der Waals surface area contributed by atoms with Crippen LogP contribution >= 0.6 is 0 Å². The zero-order valence-electron chi connectivity index (χ0n) is 7.70. The first-order chi connectivity index (χ1) is 7.77. The summed E-state index contributed by atoms with van der Waals surface area (Å²) in [5.74, 6) is 0. The SMILES string of the molecule is O=c1ccnnn1/N=N/n1nnccc1=O. The number of hydrogen-bond acceptors (Lipinski definition) is 8. The monoisotopic (exact) mass is 220 g/mol. The van der Waals surface area contributed by atoms with E-state index in [-0.39, 0.29) is 0 Å². The van der Waals surface area contributed by atoms with Gasteiger partial charge in [0.1, 0.15) is 0 Å². The van der Waals surface area contributed by atoms with Gasteiger partial charge >= 0.3 is 0 Å². The molecule has 0 N–H and O–H groups in total. The molecule has 0 radical (unpaired) electrons. The highest BCUT2D eigenvalue weighted by atomic mass is 16.2. The Bertz CT molecular complexity index is 573. The van der Waals surface area contributed by atoms with Gasteiger partial charge in [-0.15, -0.1) is 10.2 Å². The lowest BCUT2D eigenvalue weighted by atomic mass is 10.7. The molecule has 0 aliphatic carbocycles.